The molecule has 0 spiro atoms. The fourth-order valence-corrected chi connectivity index (χ4v) is 3.16. The van der Waals surface area contributed by atoms with Crippen molar-refractivity contribution in [2.45, 2.75) is 63.5 Å². The van der Waals surface area contributed by atoms with Gasteiger partial charge in [-0.05, 0) is 43.4 Å². The van der Waals surface area contributed by atoms with Crippen molar-refractivity contribution in [2.24, 2.45) is 11.0 Å². The second kappa shape index (κ2) is 2.94. The van der Waals surface area contributed by atoms with E-state index in [-0.39, 0.29) is 10.5 Å². The van der Waals surface area contributed by atoms with E-state index < -0.39 is 0 Å². The maximum absolute atomic E-state index is 6.37. The maximum atomic E-state index is 6.37. The molecule has 0 aromatic heterocycles. The van der Waals surface area contributed by atoms with Gasteiger partial charge in [-0.25, -0.2) is 0 Å². The second-order valence-electron chi connectivity index (χ2n) is 5.61. The average Bonchev–Trinajstić information content (AvgIpc) is 2.51. The summed E-state index contributed by atoms with van der Waals surface area (Å²) < 4.78 is 2.15. The van der Waals surface area contributed by atoms with Gasteiger partial charge in [0, 0.05) is 20.3 Å². The van der Waals surface area contributed by atoms with Crippen molar-refractivity contribution in [3.8, 4) is 0 Å². The number of nitrogens with zero attached hydrogens (tertiary/aromatic N) is 2. The van der Waals surface area contributed by atoms with Crippen LogP contribution in [0.25, 0.3) is 0 Å². The number of hydrogen-bond donors (Lipinski definition) is 0. The van der Waals surface area contributed by atoms with Crippen LogP contribution < -0.4 is 0 Å². The maximum Gasteiger partial charge on any atom is 0.256 e. The van der Waals surface area contributed by atoms with Gasteiger partial charge in [-0.3, -0.25) is 0 Å². The van der Waals surface area contributed by atoms with Crippen LogP contribution in [0.15, 0.2) is 5.11 Å². The molecule has 2 rings (SSSR count). The Kier molecular flexibility index (Phi) is 2.19. The standard InChI is InChI=1S/C11H20ClN2/c1-10(2)8-6-5-7-9(8)14(13-10)11(3,4)12/h8-9H,5-7H2,1-4H3/q+1. The zero-order valence-electron chi connectivity index (χ0n) is 9.55. The third-order valence-electron chi connectivity index (χ3n) is 3.61. The van der Waals surface area contributed by atoms with Crippen LogP contribution in [0.1, 0.15) is 47.0 Å². The normalized spacial score (nSPS) is 35.6. The first-order valence-electron chi connectivity index (χ1n) is 5.53. The minimum atomic E-state index is -0.332. The largest absolute Gasteiger partial charge is 0.256 e. The topological polar surface area (TPSA) is 15.4 Å². The molecule has 1 fully saturated rings. The van der Waals surface area contributed by atoms with Gasteiger partial charge in [0.2, 0.25) is 0 Å². The van der Waals surface area contributed by atoms with Gasteiger partial charge in [-0.15, -0.1) is 4.70 Å². The Hall–Kier alpha value is -0.110. The molecule has 2 aliphatic rings. The molecule has 0 radical (unpaired) electrons. The first-order valence-corrected chi connectivity index (χ1v) is 5.91. The van der Waals surface area contributed by atoms with Gasteiger partial charge in [0.25, 0.3) is 5.00 Å². The molecular formula is C11H20ClN2+. The summed E-state index contributed by atoms with van der Waals surface area (Å²) >= 11 is 6.37. The quantitative estimate of drug-likeness (QED) is 0.362. The van der Waals surface area contributed by atoms with E-state index in [1.54, 1.807) is 0 Å². The summed E-state index contributed by atoms with van der Waals surface area (Å²) in [6, 6.07) is 0.581. The Morgan fingerprint density at radius 1 is 1.36 bits per heavy atom. The number of alkyl halides is 1. The van der Waals surface area contributed by atoms with Crippen LogP contribution in [0, 0.1) is 5.92 Å². The summed E-state index contributed by atoms with van der Waals surface area (Å²) in [4.78, 5) is -0.332. The molecule has 0 amide bonds. The van der Waals surface area contributed by atoms with Crippen LogP contribution in [0.3, 0.4) is 0 Å². The van der Waals surface area contributed by atoms with Crippen LogP contribution in [-0.4, -0.2) is 21.3 Å². The minimum absolute atomic E-state index is 0.0906. The molecule has 2 unspecified atom stereocenters. The van der Waals surface area contributed by atoms with E-state index in [9.17, 15) is 0 Å². The fraction of sp³-hybridized carbons (Fsp3) is 1.00. The van der Waals surface area contributed by atoms with Crippen molar-refractivity contribution >= 4 is 11.6 Å². The SMILES string of the molecule is CC1(C)N=[N+](C(C)(C)Cl)C2CCCC21. The highest BCUT2D eigenvalue weighted by Crippen LogP contribution is 2.45. The summed E-state index contributed by atoms with van der Waals surface area (Å²) in [6.07, 6.45) is 3.90. The summed E-state index contributed by atoms with van der Waals surface area (Å²) in [6.45, 7) is 8.54. The van der Waals surface area contributed by atoms with Gasteiger partial charge in [0.15, 0.2) is 6.04 Å². The van der Waals surface area contributed by atoms with Gasteiger partial charge < -0.3 is 0 Å². The molecular weight excluding hydrogens is 196 g/mol. The van der Waals surface area contributed by atoms with Crippen LogP contribution in [0.5, 0.6) is 0 Å². The Morgan fingerprint density at radius 2 is 2.00 bits per heavy atom. The summed E-state index contributed by atoms with van der Waals surface area (Å²) in [5.41, 5.74) is 0.0906. The highest BCUT2D eigenvalue weighted by Gasteiger charge is 2.56. The van der Waals surface area contributed by atoms with E-state index in [1.807, 2.05) is 13.8 Å². The van der Waals surface area contributed by atoms with Gasteiger partial charge in [-0.2, -0.15) is 0 Å². The third-order valence-corrected chi connectivity index (χ3v) is 3.78. The number of rotatable bonds is 1. The number of halogens is 1. The van der Waals surface area contributed by atoms with Crippen molar-refractivity contribution in [3.63, 3.8) is 0 Å². The molecule has 14 heavy (non-hydrogen) atoms. The van der Waals surface area contributed by atoms with E-state index in [0.717, 1.165) is 0 Å². The Morgan fingerprint density at radius 3 is 2.57 bits per heavy atom. The second-order valence-corrected chi connectivity index (χ2v) is 6.54. The molecule has 2 atom stereocenters. The lowest BCUT2D eigenvalue weighted by molar-refractivity contribution is -0.660. The summed E-state index contributed by atoms with van der Waals surface area (Å²) in [5.74, 6) is 0.709. The molecule has 2 nitrogen and oxygen atoms in total. The van der Waals surface area contributed by atoms with Crippen LogP contribution in [-0.2, 0) is 0 Å². The summed E-state index contributed by atoms with van der Waals surface area (Å²) in [5, 5.41) is 4.78. The summed E-state index contributed by atoms with van der Waals surface area (Å²) in [7, 11) is 0. The fourth-order valence-electron chi connectivity index (χ4n) is 3.00. The van der Waals surface area contributed by atoms with Crippen molar-refractivity contribution in [1.82, 2.24) is 0 Å². The van der Waals surface area contributed by atoms with E-state index >= 15 is 0 Å². The lowest BCUT2D eigenvalue weighted by Gasteiger charge is -2.17. The van der Waals surface area contributed by atoms with Crippen molar-refractivity contribution in [2.75, 3.05) is 0 Å². The number of azo groups is 2. The number of hydrogen-bond acceptors (Lipinski definition) is 1. The monoisotopic (exact) mass is 215 g/mol. The molecule has 0 aromatic carbocycles. The van der Waals surface area contributed by atoms with Gasteiger partial charge >= 0.3 is 0 Å². The predicted molar refractivity (Wildman–Crippen MR) is 57.8 cm³/mol. The third kappa shape index (κ3) is 1.48. The Labute approximate surface area is 91.3 Å². The highest BCUT2D eigenvalue weighted by molar-refractivity contribution is 6.22. The first-order chi connectivity index (χ1) is 6.32. The van der Waals surface area contributed by atoms with Crippen LogP contribution in [0.2, 0.25) is 0 Å². The molecule has 0 aromatic rings. The molecule has 1 heterocycles. The lowest BCUT2D eigenvalue weighted by Crippen LogP contribution is -2.36. The molecule has 0 saturated heterocycles. The molecule has 80 valence electrons. The molecule has 0 bridgehead atoms. The van der Waals surface area contributed by atoms with Crippen LogP contribution in [0.4, 0.5) is 0 Å². The van der Waals surface area contributed by atoms with E-state index in [0.29, 0.717) is 12.0 Å². The molecule has 1 aliphatic carbocycles. The van der Waals surface area contributed by atoms with Gasteiger partial charge in [0.05, 0.1) is 5.92 Å². The smallest absolute Gasteiger partial charge is 0.105 e. The Balaban J connectivity index is 2.35. The molecule has 1 saturated carbocycles. The minimum Gasteiger partial charge on any atom is -0.105 e. The molecule has 1 aliphatic heterocycles. The first kappa shape index (κ1) is 10.4. The predicted octanol–water partition coefficient (Wildman–Crippen LogP) is 3.39. The zero-order valence-corrected chi connectivity index (χ0v) is 10.3. The van der Waals surface area contributed by atoms with E-state index in [1.165, 1.54) is 19.3 Å². The molecule has 3 heteroatoms. The van der Waals surface area contributed by atoms with E-state index in [4.69, 9.17) is 16.7 Å². The Bertz CT molecular complexity index is 276. The highest BCUT2D eigenvalue weighted by atomic mass is 35.5. The average molecular weight is 216 g/mol. The van der Waals surface area contributed by atoms with Crippen molar-refractivity contribution < 1.29 is 4.70 Å². The van der Waals surface area contributed by atoms with Crippen molar-refractivity contribution in [3.05, 3.63) is 0 Å². The number of fused-ring (bicyclic) bond motifs is 1. The molecule has 0 N–H and O–H groups in total. The zero-order chi connectivity index (χ0) is 10.6. The lowest BCUT2D eigenvalue weighted by atomic mass is 9.86. The van der Waals surface area contributed by atoms with E-state index in [2.05, 4.69) is 18.5 Å². The van der Waals surface area contributed by atoms with Crippen molar-refractivity contribution in [1.29, 1.82) is 0 Å². The van der Waals surface area contributed by atoms with Gasteiger partial charge in [-0.1, -0.05) is 0 Å². The van der Waals surface area contributed by atoms with Crippen LogP contribution >= 0.6 is 11.6 Å². The van der Waals surface area contributed by atoms with Gasteiger partial charge in [0.1, 0.15) is 5.54 Å².